The average molecular weight is 340 g/mol. The Morgan fingerprint density at radius 1 is 1.21 bits per heavy atom. The van der Waals surface area contributed by atoms with Gasteiger partial charge in [-0.1, -0.05) is 12.8 Å². The molecule has 4 atom stereocenters. The molecule has 1 unspecified atom stereocenters. The van der Waals surface area contributed by atoms with E-state index in [1.807, 2.05) is 20.8 Å². The number of carbonyl (C=O) groups excluding carboxylic acids is 3. The van der Waals surface area contributed by atoms with E-state index in [9.17, 15) is 14.4 Å². The smallest absolute Gasteiger partial charge is 0.310 e. The van der Waals surface area contributed by atoms with Gasteiger partial charge in [-0.25, -0.2) is 0 Å². The van der Waals surface area contributed by atoms with Gasteiger partial charge in [-0.05, 0) is 39.5 Å². The predicted molar refractivity (Wildman–Crippen MR) is 85.9 cm³/mol. The second-order valence-electron chi connectivity index (χ2n) is 7.78. The summed E-state index contributed by atoms with van der Waals surface area (Å²) >= 11 is 0. The zero-order valence-corrected chi connectivity index (χ0v) is 15.0. The number of methoxy groups -OCH3 is 1. The largest absolute Gasteiger partial charge is 0.469 e. The van der Waals surface area contributed by atoms with E-state index in [0.29, 0.717) is 6.42 Å². The van der Waals surface area contributed by atoms with E-state index >= 15 is 0 Å². The normalized spacial score (nSPS) is 28.8. The first kappa shape index (κ1) is 18.7. The Balaban J connectivity index is 2.27. The lowest BCUT2D eigenvalue weighted by Gasteiger charge is -2.37. The van der Waals surface area contributed by atoms with Crippen molar-refractivity contribution in [1.29, 1.82) is 0 Å². The first-order valence-corrected chi connectivity index (χ1v) is 8.69. The number of rotatable bonds is 4. The lowest BCUT2D eigenvalue weighted by Crippen LogP contribution is -2.43. The maximum absolute atomic E-state index is 12.9. The maximum Gasteiger partial charge on any atom is 0.310 e. The van der Waals surface area contributed by atoms with Gasteiger partial charge in [0, 0.05) is 5.92 Å². The molecule has 1 saturated heterocycles. The summed E-state index contributed by atoms with van der Waals surface area (Å²) in [6.07, 6.45) is 3.57. The molecule has 2 fully saturated rings. The second kappa shape index (κ2) is 7.53. The van der Waals surface area contributed by atoms with Gasteiger partial charge < -0.3 is 14.2 Å². The standard InChI is InChI=1S/C18H28O6/c1-18(2,3)24-17(21)15(11-9-14(19)23-10-11)12-7-5-6-8-13(12)16(20)22-4/h11-13,15H,5-10H2,1-4H3/t11-,12+,13+,15?/m1/s1. The van der Waals surface area contributed by atoms with Crippen LogP contribution in [0.2, 0.25) is 0 Å². The van der Waals surface area contributed by atoms with E-state index in [1.54, 1.807) is 0 Å². The van der Waals surface area contributed by atoms with Crippen LogP contribution in [0.3, 0.4) is 0 Å². The van der Waals surface area contributed by atoms with Crippen LogP contribution in [-0.4, -0.2) is 37.2 Å². The van der Waals surface area contributed by atoms with Crippen LogP contribution in [0.25, 0.3) is 0 Å². The first-order chi connectivity index (χ1) is 11.2. The van der Waals surface area contributed by atoms with Crippen molar-refractivity contribution in [3.8, 4) is 0 Å². The van der Waals surface area contributed by atoms with E-state index in [4.69, 9.17) is 14.2 Å². The lowest BCUT2D eigenvalue weighted by molar-refractivity contribution is -0.168. The fourth-order valence-corrected chi connectivity index (χ4v) is 3.88. The summed E-state index contributed by atoms with van der Waals surface area (Å²) in [5, 5.41) is 0. The van der Waals surface area contributed by atoms with Gasteiger partial charge >= 0.3 is 17.9 Å². The van der Waals surface area contributed by atoms with Crippen LogP contribution < -0.4 is 0 Å². The van der Waals surface area contributed by atoms with Gasteiger partial charge in [0.15, 0.2) is 0 Å². The molecule has 1 aliphatic carbocycles. The van der Waals surface area contributed by atoms with Crippen molar-refractivity contribution < 1.29 is 28.6 Å². The van der Waals surface area contributed by atoms with E-state index in [1.165, 1.54) is 7.11 Å². The van der Waals surface area contributed by atoms with Gasteiger partial charge in [0.25, 0.3) is 0 Å². The minimum absolute atomic E-state index is 0.166. The quantitative estimate of drug-likeness (QED) is 0.578. The van der Waals surface area contributed by atoms with Gasteiger partial charge in [-0.2, -0.15) is 0 Å². The average Bonchev–Trinajstić information content (AvgIpc) is 2.91. The van der Waals surface area contributed by atoms with Crippen molar-refractivity contribution >= 4 is 17.9 Å². The van der Waals surface area contributed by atoms with Crippen molar-refractivity contribution in [3.63, 3.8) is 0 Å². The molecule has 6 nitrogen and oxygen atoms in total. The third kappa shape index (κ3) is 4.48. The minimum Gasteiger partial charge on any atom is -0.469 e. The molecule has 2 rings (SSSR count). The van der Waals surface area contributed by atoms with Gasteiger partial charge in [0.1, 0.15) is 5.60 Å². The molecule has 1 heterocycles. The van der Waals surface area contributed by atoms with Crippen molar-refractivity contribution in [2.24, 2.45) is 23.7 Å². The van der Waals surface area contributed by atoms with Crippen LogP contribution in [0.5, 0.6) is 0 Å². The molecule has 1 saturated carbocycles. The zero-order chi connectivity index (χ0) is 17.9. The molecule has 0 radical (unpaired) electrons. The highest BCUT2D eigenvalue weighted by Gasteiger charge is 2.47. The molecular formula is C18H28O6. The number of cyclic esters (lactones) is 1. The lowest BCUT2D eigenvalue weighted by atomic mass is 9.68. The van der Waals surface area contributed by atoms with Gasteiger partial charge in [-0.3, -0.25) is 14.4 Å². The van der Waals surface area contributed by atoms with Crippen molar-refractivity contribution in [3.05, 3.63) is 0 Å². The topological polar surface area (TPSA) is 78.9 Å². The molecule has 1 aliphatic heterocycles. The van der Waals surface area contributed by atoms with E-state index < -0.39 is 11.5 Å². The number of carbonyl (C=O) groups is 3. The van der Waals surface area contributed by atoms with Gasteiger partial charge in [0.2, 0.25) is 0 Å². The third-order valence-corrected chi connectivity index (χ3v) is 4.86. The van der Waals surface area contributed by atoms with Crippen molar-refractivity contribution in [1.82, 2.24) is 0 Å². The van der Waals surface area contributed by atoms with Crippen LogP contribution in [0.1, 0.15) is 52.9 Å². The fraction of sp³-hybridized carbons (Fsp3) is 0.833. The molecule has 0 spiro atoms. The summed E-state index contributed by atoms with van der Waals surface area (Å²) in [4.78, 5) is 36.6. The molecule has 6 heteroatoms. The van der Waals surface area contributed by atoms with Gasteiger partial charge in [0.05, 0.1) is 32.0 Å². The maximum atomic E-state index is 12.9. The summed E-state index contributed by atoms with van der Waals surface area (Å²) in [5.74, 6) is -2.15. The molecule has 136 valence electrons. The molecule has 0 N–H and O–H groups in total. The van der Waals surface area contributed by atoms with Crippen LogP contribution in [-0.2, 0) is 28.6 Å². The molecule has 0 aromatic heterocycles. The molecule has 2 aliphatic rings. The SMILES string of the molecule is COC(=O)[C@H]1CCCC[C@@H]1C(C(=O)OC(C)(C)C)[C@H]1COC(=O)C1. The van der Waals surface area contributed by atoms with E-state index in [-0.39, 0.29) is 48.7 Å². The molecule has 24 heavy (non-hydrogen) atoms. The molecular weight excluding hydrogens is 312 g/mol. The Morgan fingerprint density at radius 2 is 1.88 bits per heavy atom. The summed E-state index contributed by atoms with van der Waals surface area (Å²) in [6, 6.07) is 0. The highest BCUT2D eigenvalue weighted by Crippen LogP contribution is 2.42. The van der Waals surface area contributed by atoms with Gasteiger partial charge in [-0.15, -0.1) is 0 Å². The van der Waals surface area contributed by atoms with Crippen LogP contribution in [0.15, 0.2) is 0 Å². The van der Waals surface area contributed by atoms with E-state index in [0.717, 1.165) is 19.3 Å². The predicted octanol–water partition coefficient (Wildman–Crippen LogP) is 2.49. The second-order valence-corrected chi connectivity index (χ2v) is 7.78. The van der Waals surface area contributed by atoms with Crippen LogP contribution in [0, 0.1) is 23.7 Å². The monoisotopic (exact) mass is 340 g/mol. The molecule has 0 bridgehead atoms. The Bertz CT molecular complexity index is 492. The Morgan fingerprint density at radius 3 is 2.42 bits per heavy atom. The fourth-order valence-electron chi connectivity index (χ4n) is 3.88. The molecule has 0 aromatic carbocycles. The Hall–Kier alpha value is -1.59. The number of hydrogen-bond acceptors (Lipinski definition) is 6. The Labute approximate surface area is 143 Å². The highest BCUT2D eigenvalue weighted by atomic mass is 16.6. The number of hydrogen-bond donors (Lipinski definition) is 0. The van der Waals surface area contributed by atoms with E-state index in [2.05, 4.69) is 0 Å². The minimum atomic E-state index is -0.617. The number of ether oxygens (including phenoxy) is 3. The highest BCUT2D eigenvalue weighted by molar-refractivity contribution is 5.79. The molecule has 0 amide bonds. The zero-order valence-electron chi connectivity index (χ0n) is 15.0. The first-order valence-electron chi connectivity index (χ1n) is 8.69. The summed E-state index contributed by atoms with van der Waals surface area (Å²) in [7, 11) is 1.37. The van der Waals surface area contributed by atoms with Crippen molar-refractivity contribution in [2.45, 2.75) is 58.5 Å². The third-order valence-electron chi connectivity index (χ3n) is 4.86. The summed E-state index contributed by atoms with van der Waals surface area (Å²) in [6.45, 7) is 5.66. The summed E-state index contributed by atoms with van der Waals surface area (Å²) < 4.78 is 15.6. The van der Waals surface area contributed by atoms with Crippen molar-refractivity contribution in [2.75, 3.05) is 13.7 Å². The Kier molecular flexibility index (Phi) is 5.88. The molecule has 0 aromatic rings. The number of esters is 3. The summed E-state index contributed by atoms with van der Waals surface area (Å²) in [5.41, 5.74) is -0.617. The van der Waals surface area contributed by atoms with Crippen LogP contribution >= 0.6 is 0 Å². The van der Waals surface area contributed by atoms with Crippen LogP contribution in [0.4, 0.5) is 0 Å².